The second kappa shape index (κ2) is 5.05. The average Bonchev–Trinajstić information content (AvgIpc) is 1.85. The van der Waals surface area contributed by atoms with Gasteiger partial charge in [0, 0.05) is 6.04 Å². The van der Waals surface area contributed by atoms with Crippen LogP contribution in [0.2, 0.25) is 0 Å². The molecule has 4 nitrogen and oxygen atoms in total. The van der Waals surface area contributed by atoms with Gasteiger partial charge in [-0.3, -0.25) is 0 Å². The molecule has 0 heterocycles. The Balaban J connectivity index is 3.21. The van der Waals surface area contributed by atoms with Gasteiger partial charge in [-0.2, -0.15) is 0 Å². The maximum atomic E-state index is 9.86. The van der Waals surface area contributed by atoms with Crippen molar-refractivity contribution in [3.05, 3.63) is 0 Å². The fourth-order valence-corrected chi connectivity index (χ4v) is 0.604. The van der Waals surface area contributed by atoms with Crippen molar-refractivity contribution < 1.29 is 14.6 Å². The third-order valence-corrected chi connectivity index (χ3v) is 1.01. The third kappa shape index (κ3) is 5.37. The van der Waals surface area contributed by atoms with Crippen LogP contribution in [0.1, 0.15) is 13.8 Å². The first-order chi connectivity index (χ1) is 4.66. The van der Waals surface area contributed by atoms with E-state index in [-0.39, 0.29) is 12.6 Å². The zero-order valence-corrected chi connectivity index (χ0v) is 6.26. The molecule has 0 saturated heterocycles. The van der Waals surface area contributed by atoms with Gasteiger partial charge in [0.25, 0.3) is 0 Å². The van der Waals surface area contributed by atoms with Gasteiger partial charge < -0.3 is 15.2 Å². The van der Waals surface area contributed by atoms with E-state index in [1.165, 1.54) is 0 Å². The number of hydrogen-bond donors (Lipinski definition) is 2. The van der Waals surface area contributed by atoms with Crippen LogP contribution in [0, 0.1) is 0 Å². The normalized spacial score (nSPS) is 12.6. The first-order valence-electron chi connectivity index (χ1n) is 3.26. The lowest BCUT2D eigenvalue weighted by Gasteiger charge is -2.09. The number of nitrogens with one attached hydrogen (secondary N) is 1. The van der Waals surface area contributed by atoms with Crippen molar-refractivity contribution in [1.29, 1.82) is 0 Å². The summed E-state index contributed by atoms with van der Waals surface area (Å²) in [4.78, 5) is 9.86. The Morgan fingerprint density at radius 1 is 1.80 bits per heavy atom. The number of hydrogen-bond acceptors (Lipinski definition) is 3. The zero-order valence-electron chi connectivity index (χ0n) is 6.26. The standard InChI is InChI=1S/C6H13NO3/c1-3-7-5(2)4-10-6(8)9/h5,7H,3-4H2,1-2H3,(H,8,9). The highest BCUT2D eigenvalue weighted by atomic mass is 16.7. The smallest absolute Gasteiger partial charge is 0.450 e. The molecule has 60 valence electrons. The molecular weight excluding hydrogens is 134 g/mol. The van der Waals surface area contributed by atoms with E-state index in [1.807, 2.05) is 13.8 Å². The molecule has 0 rings (SSSR count). The number of ether oxygens (including phenoxy) is 1. The first kappa shape index (κ1) is 9.23. The molecule has 0 aliphatic carbocycles. The lowest BCUT2D eigenvalue weighted by atomic mass is 10.4. The summed E-state index contributed by atoms with van der Waals surface area (Å²) in [5.41, 5.74) is 0. The lowest BCUT2D eigenvalue weighted by molar-refractivity contribution is 0.0843. The number of rotatable bonds is 4. The van der Waals surface area contributed by atoms with Crippen molar-refractivity contribution in [1.82, 2.24) is 5.32 Å². The predicted octanol–water partition coefficient (Wildman–Crippen LogP) is 0.679. The van der Waals surface area contributed by atoms with Crippen molar-refractivity contribution >= 4 is 6.16 Å². The van der Waals surface area contributed by atoms with Crippen LogP contribution in [0.15, 0.2) is 0 Å². The van der Waals surface area contributed by atoms with Gasteiger partial charge in [0.1, 0.15) is 6.61 Å². The van der Waals surface area contributed by atoms with E-state index < -0.39 is 6.16 Å². The van der Waals surface area contributed by atoms with Crippen LogP contribution in [-0.2, 0) is 4.74 Å². The van der Waals surface area contributed by atoms with Crippen molar-refractivity contribution in [2.45, 2.75) is 19.9 Å². The van der Waals surface area contributed by atoms with Gasteiger partial charge in [-0.15, -0.1) is 0 Å². The molecule has 10 heavy (non-hydrogen) atoms. The molecule has 1 atom stereocenters. The summed E-state index contributed by atoms with van der Waals surface area (Å²) in [7, 11) is 0. The molecule has 0 aliphatic heterocycles. The fraction of sp³-hybridized carbons (Fsp3) is 0.833. The van der Waals surface area contributed by atoms with Crippen molar-refractivity contribution in [2.24, 2.45) is 0 Å². The van der Waals surface area contributed by atoms with Crippen LogP contribution >= 0.6 is 0 Å². The van der Waals surface area contributed by atoms with Gasteiger partial charge >= 0.3 is 6.16 Å². The number of likely N-dealkylation sites (N-methyl/N-ethyl adjacent to an activating group) is 1. The van der Waals surface area contributed by atoms with Crippen molar-refractivity contribution in [3.8, 4) is 0 Å². The molecule has 1 unspecified atom stereocenters. The van der Waals surface area contributed by atoms with Gasteiger partial charge in [-0.25, -0.2) is 4.79 Å². The number of carboxylic acid groups (broad SMARTS) is 1. The second-order valence-corrected chi connectivity index (χ2v) is 2.04. The molecule has 0 aromatic carbocycles. The average molecular weight is 147 g/mol. The molecule has 4 heteroatoms. The number of carbonyl (C=O) groups is 1. The summed E-state index contributed by atoms with van der Waals surface area (Å²) in [6, 6.07) is 0.0982. The Hall–Kier alpha value is -0.770. The van der Waals surface area contributed by atoms with E-state index in [9.17, 15) is 4.79 Å². The molecule has 0 spiro atoms. The summed E-state index contributed by atoms with van der Waals surface area (Å²) >= 11 is 0. The fourth-order valence-electron chi connectivity index (χ4n) is 0.604. The highest BCUT2D eigenvalue weighted by Gasteiger charge is 2.02. The highest BCUT2D eigenvalue weighted by Crippen LogP contribution is 1.83. The van der Waals surface area contributed by atoms with Gasteiger partial charge in [0.15, 0.2) is 0 Å². The second-order valence-electron chi connectivity index (χ2n) is 2.04. The van der Waals surface area contributed by atoms with E-state index in [0.29, 0.717) is 0 Å². The molecule has 0 fully saturated rings. The Bertz CT molecular complexity index is 105. The lowest BCUT2D eigenvalue weighted by Crippen LogP contribution is -2.30. The predicted molar refractivity (Wildman–Crippen MR) is 37.1 cm³/mol. The largest absolute Gasteiger partial charge is 0.505 e. The van der Waals surface area contributed by atoms with E-state index >= 15 is 0 Å². The highest BCUT2D eigenvalue weighted by molar-refractivity contribution is 5.56. The maximum Gasteiger partial charge on any atom is 0.505 e. The van der Waals surface area contributed by atoms with E-state index in [4.69, 9.17) is 5.11 Å². The van der Waals surface area contributed by atoms with Gasteiger partial charge in [0.05, 0.1) is 0 Å². The minimum Gasteiger partial charge on any atom is -0.450 e. The molecule has 0 radical (unpaired) electrons. The molecule has 0 aromatic rings. The monoisotopic (exact) mass is 147 g/mol. The third-order valence-electron chi connectivity index (χ3n) is 1.01. The van der Waals surface area contributed by atoms with Crippen LogP contribution in [0.25, 0.3) is 0 Å². The molecule has 0 bridgehead atoms. The summed E-state index contributed by atoms with van der Waals surface area (Å²) in [6.07, 6.45) is -1.22. The Labute approximate surface area is 60.2 Å². The van der Waals surface area contributed by atoms with Gasteiger partial charge in [-0.05, 0) is 13.5 Å². The quantitative estimate of drug-likeness (QED) is 0.574. The SMILES string of the molecule is CCNC(C)COC(=O)O. The van der Waals surface area contributed by atoms with Gasteiger partial charge in [0.2, 0.25) is 0 Å². The van der Waals surface area contributed by atoms with Crippen LogP contribution < -0.4 is 5.32 Å². The van der Waals surface area contributed by atoms with Crippen LogP contribution in [0.5, 0.6) is 0 Å². The summed E-state index contributed by atoms with van der Waals surface area (Å²) < 4.78 is 4.31. The summed E-state index contributed by atoms with van der Waals surface area (Å²) in [6.45, 7) is 4.86. The zero-order chi connectivity index (χ0) is 7.98. The molecule has 2 N–H and O–H groups in total. The summed E-state index contributed by atoms with van der Waals surface area (Å²) in [5.74, 6) is 0. The van der Waals surface area contributed by atoms with Crippen LogP contribution in [-0.4, -0.2) is 30.5 Å². The Morgan fingerprint density at radius 2 is 2.40 bits per heavy atom. The van der Waals surface area contributed by atoms with Crippen LogP contribution in [0.4, 0.5) is 4.79 Å². The van der Waals surface area contributed by atoms with Crippen molar-refractivity contribution in [2.75, 3.05) is 13.2 Å². The first-order valence-corrected chi connectivity index (χ1v) is 3.26. The molecule has 0 aromatic heterocycles. The molecule has 0 amide bonds. The Morgan fingerprint density at radius 3 is 2.80 bits per heavy atom. The Kier molecular flexibility index (Phi) is 4.66. The minimum atomic E-state index is -1.22. The molecule has 0 aliphatic rings. The van der Waals surface area contributed by atoms with E-state index in [2.05, 4.69) is 10.1 Å². The molecular formula is C6H13NO3. The topological polar surface area (TPSA) is 58.6 Å². The van der Waals surface area contributed by atoms with Gasteiger partial charge in [-0.1, -0.05) is 6.92 Å². The van der Waals surface area contributed by atoms with E-state index in [0.717, 1.165) is 6.54 Å². The summed E-state index contributed by atoms with van der Waals surface area (Å²) in [5, 5.41) is 11.1. The van der Waals surface area contributed by atoms with Crippen LogP contribution in [0.3, 0.4) is 0 Å². The maximum absolute atomic E-state index is 9.86. The minimum absolute atomic E-state index is 0.0982. The molecule has 0 saturated carbocycles. The van der Waals surface area contributed by atoms with Crippen molar-refractivity contribution in [3.63, 3.8) is 0 Å². The van der Waals surface area contributed by atoms with E-state index in [1.54, 1.807) is 0 Å².